The number of rotatable bonds is 2. The number of hydrogen-bond acceptors (Lipinski definition) is 2. The maximum absolute atomic E-state index is 3.48. The van der Waals surface area contributed by atoms with Crippen molar-refractivity contribution in [1.29, 1.82) is 0 Å². The molecule has 15 heavy (non-hydrogen) atoms. The molecule has 0 aliphatic carbocycles. The van der Waals surface area contributed by atoms with E-state index in [1.54, 1.807) is 0 Å². The van der Waals surface area contributed by atoms with E-state index in [4.69, 9.17) is 0 Å². The van der Waals surface area contributed by atoms with Gasteiger partial charge in [0.25, 0.3) is 0 Å². The van der Waals surface area contributed by atoms with Gasteiger partial charge in [0.15, 0.2) is 0 Å². The summed E-state index contributed by atoms with van der Waals surface area (Å²) in [5, 5.41) is 3.48. The van der Waals surface area contributed by atoms with Gasteiger partial charge in [-0.25, -0.2) is 0 Å². The van der Waals surface area contributed by atoms with Crippen molar-refractivity contribution >= 4 is 0 Å². The summed E-state index contributed by atoms with van der Waals surface area (Å²) < 4.78 is 0. The van der Waals surface area contributed by atoms with Crippen LogP contribution in [0, 0.1) is 6.92 Å². The van der Waals surface area contributed by atoms with Crippen LogP contribution in [0.3, 0.4) is 0 Å². The molecule has 0 bridgehead atoms. The largest absolute Gasteiger partial charge is 0.314 e. The lowest BCUT2D eigenvalue weighted by atomic mass is 9.93. The number of benzene rings is 1. The average Bonchev–Trinajstić information content (AvgIpc) is 2.67. The molecule has 2 heteroatoms. The number of hydrogen-bond donors (Lipinski definition) is 1. The van der Waals surface area contributed by atoms with Crippen molar-refractivity contribution < 1.29 is 0 Å². The van der Waals surface area contributed by atoms with E-state index in [1.165, 1.54) is 11.1 Å². The molecular weight excluding hydrogens is 184 g/mol. The first-order valence-corrected chi connectivity index (χ1v) is 5.62. The molecule has 1 saturated heterocycles. The quantitative estimate of drug-likeness (QED) is 0.787. The molecule has 0 spiro atoms. The van der Waals surface area contributed by atoms with E-state index in [-0.39, 0.29) is 0 Å². The summed E-state index contributed by atoms with van der Waals surface area (Å²) in [6.45, 7) is 4.34. The van der Waals surface area contributed by atoms with E-state index in [0.717, 1.165) is 13.1 Å². The second-order valence-electron chi connectivity index (χ2n) is 4.71. The molecule has 1 aromatic carbocycles. The van der Waals surface area contributed by atoms with E-state index in [0.29, 0.717) is 12.0 Å². The SMILES string of the molecule is Cc1ccc([C@H]2CNC[C@@H]2N(C)C)cc1. The second kappa shape index (κ2) is 4.33. The lowest BCUT2D eigenvalue weighted by Gasteiger charge is -2.25. The molecule has 1 aliphatic heterocycles. The molecule has 0 amide bonds. The van der Waals surface area contributed by atoms with Gasteiger partial charge in [-0.15, -0.1) is 0 Å². The summed E-state index contributed by atoms with van der Waals surface area (Å²) in [4.78, 5) is 2.32. The summed E-state index contributed by atoms with van der Waals surface area (Å²) in [7, 11) is 4.33. The highest BCUT2D eigenvalue weighted by Crippen LogP contribution is 2.25. The van der Waals surface area contributed by atoms with Crippen LogP contribution in [0.2, 0.25) is 0 Å². The zero-order valence-corrected chi connectivity index (χ0v) is 9.83. The van der Waals surface area contributed by atoms with Gasteiger partial charge in [-0.2, -0.15) is 0 Å². The van der Waals surface area contributed by atoms with E-state index in [1.807, 2.05) is 0 Å². The molecule has 1 aliphatic rings. The summed E-state index contributed by atoms with van der Waals surface area (Å²) >= 11 is 0. The van der Waals surface area contributed by atoms with Crippen molar-refractivity contribution in [3.8, 4) is 0 Å². The van der Waals surface area contributed by atoms with Crippen molar-refractivity contribution in [2.75, 3.05) is 27.2 Å². The van der Waals surface area contributed by atoms with Crippen LogP contribution in [-0.2, 0) is 0 Å². The van der Waals surface area contributed by atoms with Crippen molar-refractivity contribution in [2.24, 2.45) is 0 Å². The fraction of sp³-hybridized carbons (Fsp3) is 0.538. The predicted octanol–water partition coefficient (Wildman–Crippen LogP) is 1.61. The van der Waals surface area contributed by atoms with Gasteiger partial charge >= 0.3 is 0 Å². The first kappa shape index (κ1) is 10.7. The lowest BCUT2D eigenvalue weighted by Crippen LogP contribution is -2.33. The predicted molar refractivity (Wildman–Crippen MR) is 64.3 cm³/mol. The Hall–Kier alpha value is -0.860. The van der Waals surface area contributed by atoms with Crippen LogP contribution < -0.4 is 5.32 Å². The van der Waals surface area contributed by atoms with E-state index < -0.39 is 0 Å². The summed E-state index contributed by atoms with van der Waals surface area (Å²) in [5.41, 5.74) is 2.80. The van der Waals surface area contributed by atoms with Gasteiger partial charge in [0.05, 0.1) is 0 Å². The Morgan fingerprint density at radius 1 is 1.13 bits per heavy atom. The maximum atomic E-state index is 3.48. The fourth-order valence-electron chi connectivity index (χ4n) is 2.36. The number of aryl methyl sites for hydroxylation is 1. The first-order chi connectivity index (χ1) is 7.18. The number of nitrogens with one attached hydrogen (secondary N) is 1. The van der Waals surface area contributed by atoms with E-state index in [9.17, 15) is 0 Å². The standard InChI is InChI=1S/C13H20N2/c1-10-4-6-11(7-5-10)12-8-14-9-13(12)15(2)3/h4-7,12-14H,8-9H2,1-3H3/t12-,13+/m1/s1. The topological polar surface area (TPSA) is 15.3 Å². The lowest BCUT2D eigenvalue weighted by molar-refractivity contribution is 0.291. The van der Waals surface area contributed by atoms with Crippen LogP contribution in [0.5, 0.6) is 0 Å². The maximum Gasteiger partial charge on any atom is 0.0295 e. The Morgan fingerprint density at radius 3 is 2.40 bits per heavy atom. The third-order valence-electron chi connectivity index (χ3n) is 3.35. The molecular formula is C13H20N2. The van der Waals surface area contributed by atoms with Crippen molar-refractivity contribution in [2.45, 2.75) is 18.9 Å². The molecule has 82 valence electrons. The normalized spacial score (nSPS) is 26.1. The highest BCUT2D eigenvalue weighted by molar-refractivity contribution is 5.27. The molecule has 0 saturated carbocycles. The second-order valence-corrected chi connectivity index (χ2v) is 4.71. The highest BCUT2D eigenvalue weighted by Gasteiger charge is 2.29. The summed E-state index contributed by atoms with van der Waals surface area (Å²) in [6, 6.07) is 9.58. The van der Waals surface area contributed by atoms with Crippen molar-refractivity contribution in [3.63, 3.8) is 0 Å². The van der Waals surface area contributed by atoms with Gasteiger partial charge < -0.3 is 10.2 Å². The molecule has 1 N–H and O–H groups in total. The van der Waals surface area contributed by atoms with Gasteiger partial charge in [0.2, 0.25) is 0 Å². The van der Waals surface area contributed by atoms with Crippen molar-refractivity contribution in [3.05, 3.63) is 35.4 Å². The summed E-state index contributed by atoms with van der Waals surface area (Å²) in [5.74, 6) is 0.639. The van der Waals surface area contributed by atoms with E-state index in [2.05, 4.69) is 55.5 Å². The molecule has 0 unspecified atom stereocenters. The molecule has 2 rings (SSSR count). The average molecular weight is 204 g/mol. The first-order valence-electron chi connectivity index (χ1n) is 5.62. The molecule has 2 nitrogen and oxygen atoms in total. The van der Waals surface area contributed by atoms with Crippen LogP contribution in [0.15, 0.2) is 24.3 Å². The van der Waals surface area contributed by atoms with Crippen LogP contribution in [-0.4, -0.2) is 38.1 Å². The van der Waals surface area contributed by atoms with Crippen LogP contribution in [0.25, 0.3) is 0 Å². The van der Waals surface area contributed by atoms with Crippen LogP contribution in [0.4, 0.5) is 0 Å². The monoisotopic (exact) mass is 204 g/mol. The minimum absolute atomic E-state index is 0.632. The third-order valence-corrected chi connectivity index (χ3v) is 3.35. The molecule has 1 aromatic rings. The molecule has 2 atom stereocenters. The molecule has 1 fully saturated rings. The fourth-order valence-corrected chi connectivity index (χ4v) is 2.36. The van der Waals surface area contributed by atoms with Gasteiger partial charge in [-0.3, -0.25) is 0 Å². The van der Waals surface area contributed by atoms with Gasteiger partial charge in [-0.1, -0.05) is 29.8 Å². The minimum Gasteiger partial charge on any atom is -0.314 e. The van der Waals surface area contributed by atoms with Crippen LogP contribution in [0.1, 0.15) is 17.0 Å². The smallest absolute Gasteiger partial charge is 0.0295 e. The molecule has 0 radical (unpaired) electrons. The zero-order chi connectivity index (χ0) is 10.8. The molecule has 1 heterocycles. The van der Waals surface area contributed by atoms with Gasteiger partial charge in [-0.05, 0) is 26.6 Å². The Balaban J connectivity index is 2.19. The highest BCUT2D eigenvalue weighted by atomic mass is 15.2. The zero-order valence-electron chi connectivity index (χ0n) is 9.83. The number of nitrogens with zero attached hydrogens (tertiary/aromatic N) is 1. The van der Waals surface area contributed by atoms with E-state index >= 15 is 0 Å². The third kappa shape index (κ3) is 2.21. The van der Waals surface area contributed by atoms with Gasteiger partial charge in [0, 0.05) is 25.0 Å². The summed E-state index contributed by atoms with van der Waals surface area (Å²) in [6.07, 6.45) is 0. The Kier molecular flexibility index (Phi) is 3.08. The Labute approximate surface area is 92.3 Å². The van der Waals surface area contributed by atoms with Crippen molar-refractivity contribution in [1.82, 2.24) is 10.2 Å². The van der Waals surface area contributed by atoms with Gasteiger partial charge in [0.1, 0.15) is 0 Å². The Bertz CT molecular complexity index is 316. The minimum atomic E-state index is 0.632. The number of likely N-dealkylation sites (N-methyl/N-ethyl adjacent to an activating group) is 1. The molecule has 0 aromatic heterocycles. The van der Waals surface area contributed by atoms with Crippen LogP contribution >= 0.6 is 0 Å². The Morgan fingerprint density at radius 2 is 1.80 bits per heavy atom.